The Bertz CT molecular complexity index is 2040. The Kier molecular flexibility index (Phi) is 5.42. The van der Waals surface area contributed by atoms with Gasteiger partial charge in [0.05, 0.1) is 0 Å². The molecule has 0 saturated carbocycles. The Labute approximate surface area is 255 Å². The van der Waals surface area contributed by atoms with Crippen LogP contribution in [0.2, 0.25) is 0 Å². The molecule has 9 rings (SSSR count). The molecule has 2 atom stereocenters. The van der Waals surface area contributed by atoms with Gasteiger partial charge in [-0.3, -0.25) is 0 Å². The fourth-order valence-electron chi connectivity index (χ4n) is 8.20. The first-order chi connectivity index (χ1) is 21.2. The summed E-state index contributed by atoms with van der Waals surface area (Å²) in [6, 6.07) is 50.3. The van der Waals surface area contributed by atoms with E-state index in [-0.39, 0.29) is 0 Å². The molecule has 6 aromatic carbocycles. The smallest absolute Gasteiger partial charge is 0.0623 e. The second-order valence-corrected chi connectivity index (χ2v) is 15.5. The zero-order valence-electron chi connectivity index (χ0n) is 24.5. The molecule has 2 aliphatic heterocycles. The Morgan fingerprint density at radius 2 is 1.09 bits per heavy atom. The van der Waals surface area contributed by atoms with Crippen LogP contribution < -0.4 is 10.4 Å². The van der Waals surface area contributed by atoms with Gasteiger partial charge in [0, 0.05) is 5.54 Å². The lowest BCUT2D eigenvalue weighted by molar-refractivity contribution is 0.743. The van der Waals surface area contributed by atoms with E-state index in [0.29, 0.717) is 11.5 Å². The summed E-state index contributed by atoms with van der Waals surface area (Å²) in [4.78, 5) is 0. The average molecular weight is 565 g/mol. The van der Waals surface area contributed by atoms with Crippen molar-refractivity contribution < 1.29 is 0 Å². The monoisotopic (exact) mass is 564 g/mol. The van der Waals surface area contributed by atoms with Gasteiger partial charge >= 0.3 is 0 Å². The summed E-state index contributed by atoms with van der Waals surface area (Å²) in [7, 11) is -1.63. The van der Waals surface area contributed by atoms with E-state index in [4.69, 9.17) is 0 Å². The van der Waals surface area contributed by atoms with Crippen molar-refractivity contribution >= 4 is 25.2 Å². The molecule has 1 aliphatic carbocycles. The lowest BCUT2D eigenvalue weighted by Crippen LogP contribution is -2.44. The van der Waals surface area contributed by atoms with Gasteiger partial charge in [-0.25, -0.2) is 0 Å². The van der Waals surface area contributed by atoms with Crippen molar-refractivity contribution in [3.63, 3.8) is 0 Å². The van der Waals surface area contributed by atoms with E-state index in [0.717, 1.165) is 0 Å². The predicted molar refractivity (Wildman–Crippen MR) is 186 cm³/mol. The van der Waals surface area contributed by atoms with E-state index in [1.807, 2.05) is 0 Å². The zero-order valence-corrected chi connectivity index (χ0v) is 25.7. The van der Waals surface area contributed by atoms with Gasteiger partial charge in [0.15, 0.2) is 0 Å². The SMILES string of the molecule is CC(C)C1=Cc2ccc3c(-c4cc(-c5ccccc5)cc(-c5ccccc5)c4)c2C1[SiH]1c2ccccc2-c2cccc-3c21. The summed E-state index contributed by atoms with van der Waals surface area (Å²) in [5, 5.41) is 3.27. The summed E-state index contributed by atoms with van der Waals surface area (Å²) >= 11 is 0. The van der Waals surface area contributed by atoms with Crippen LogP contribution in [-0.4, -0.2) is 8.80 Å². The highest BCUT2D eigenvalue weighted by Gasteiger charge is 2.46. The van der Waals surface area contributed by atoms with Crippen molar-refractivity contribution in [2.24, 2.45) is 5.92 Å². The van der Waals surface area contributed by atoms with E-state index < -0.39 is 8.80 Å². The molecule has 0 fully saturated rings. The third kappa shape index (κ3) is 3.62. The molecule has 2 unspecified atom stereocenters. The minimum atomic E-state index is -1.63. The summed E-state index contributed by atoms with van der Waals surface area (Å²) in [5.41, 5.74) is 18.7. The van der Waals surface area contributed by atoms with Crippen molar-refractivity contribution in [3.8, 4) is 55.6 Å². The molecule has 1 heteroatoms. The number of hydrogen-bond acceptors (Lipinski definition) is 0. The zero-order chi connectivity index (χ0) is 28.7. The van der Waals surface area contributed by atoms with Crippen LogP contribution in [0.15, 0.2) is 139 Å². The van der Waals surface area contributed by atoms with Crippen molar-refractivity contribution in [2.45, 2.75) is 19.4 Å². The molecule has 43 heavy (non-hydrogen) atoms. The van der Waals surface area contributed by atoms with Crippen molar-refractivity contribution in [1.82, 2.24) is 0 Å². The summed E-state index contributed by atoms with van der Waals surface area (Å²) in [5.74, 6) is 0.498. The van der Waals surface area contributed by atoms with Crippen LogP contribution in [0.5, 0.6) is 0 Å². The Morgan fingerprint density at radius 1 is 0.512 bits per heavy atom. The van der Waals surface area contributed by atoms with Crippen molar-refractivity contribution in [2.75, 3.05) is 0 Å². The maximum absolute atomic E-state index is 2.55. The van der Waals surface area contributed by atoms with Crippen LogP contribution in [0.25, 0.3) is 61.7 Å². The number of benzene rings is 6. The molecule has 2 bridgehead atoms. The van der Waals surface area contributed by atoms with Crippen LogP contribution >= 0.6 is 0 Å². The second kappa shape index (κ2) is 9.39. The molecule has 6 aromatic rings. The third-order valence-electron chi connectivity index (χ3n) is 10.0. The lowest BCUT2D eigenvalue weighted by Gasteiger charge is -2.27. The Morgan fingerprint density at radius 3 is 1.77 bits per heavy atom. The molecule has 0 nitrogen and oxygen atoms in total. The van der Waals surface area contributed by atoms with Gasteiger partial charge < -0.3 is 0 Å². The van der Waals surface area contributed by atoms with Crippen LogP contribution in [0.4, 0.5) is 0 Å². The van der Waals surface area contributed by atoms with Crippen LogP contribution in [0.1, 0.15) is 30.5 Å². The number of allylic oxidation sites excluding steroid dienone is 1. The molecule has 0 saturated heterocycles. The van der Waals surface area contributed by atoms with Gasteiger partial charge in [0.25, 0.3) is 0 Å². The van der Waals surface area contributed by atoms with Crippen molar-refractivity contribution in [1.29, 1.82) is 0 Å². The van der Waals surface area contributed by atoms with E-state index >= 15 is 0 Å². The fraction of sp³-hybridized carbons (Fsp3) is 0.0952. The summed E-state index contributed by atoms with van der Waals surface area (Å²) in [6.07, 6.45) is 2.55. The normalized spacial score (nSPS) is 17.0. The third-order valence-corrected chi connectivity index (χ3v) is 13.8. The molecule has 0 amide bonds. The second-order valence-electron chi connectivity index (χ2n) is 12.6. The van der Waals surface area contributed by atoms with Crippen LogP contribution in [0, 0.1) is 5.92 Å². The highest BCUT2D eigenvalue weighted by atomic mass is 28.3. The summed E-state index contributed by atoms with van der Waals surface area (Å²) < 4.78 is 0. The maximum atomic E-state index is 2.55. The van der Waals surface area contributed by atoms with Gasteiger partial charge in [-0.15, -0.1) is 0 Å². The topological polar surface area (TPSA) is 0 Å². The standard InChI is InChI=1S/C42H32Si/c1-26(2)37-25-29-20-21-34-36-18-11-17-35-33-16-9-10-19-38(33)43(41(35)36)42(37)40(29)39(34)32-23-30(27-12-5-3-6-13-27)22-31(24-32)28-14-7-4-8-15-28/h3-26,42-43H,1-2H3. The quantitative estimate of drug-likeness (QED) is 0.187. The molecular formula is C42H32Si. The van der Waals surface area contributed by atoms with Crippen molar-refractivity contribution in [3.05, 3.63) is 150 Å². The summed E-state index contributed by atoms with van der Waals surface area (Å²) in [6.45, 7) is 4.80. The van der Waals surface area contributed by atoms with Gasteiger partial charge in [0.2, 0.25) is 0 Å². The molecule has 204 valence electrons. The molecular weight excluding hydrogens is 533 g/mol. The number of hydrogen-bond donors (Lipinski definition) is 0. The lowest BCUT2D eigenvalue weighted by atomic mass is 9.84. The van der Waals surface area contributed by atoms with Gasteiger partial charge in [-0.1, -0.05) is 141 Å². The van der Waals surface area contributed by atoms with Gasteiger partial charge in [-0.05, 0) is 101 Å². The fourth-order valence-corrected chi connectivity index (χ4v) is 12.8. The largest absolute Gasteiger partial charge is 0.116 e. The molecule has 0 aromatic heterocycles. The van der Waals surface area contributed by atoms with E-state index in [1.54, 1.807) is 21.5 Å². The molecule has 3 aliphatic rings. The van der Waals surface area contributed by atoms with Gasteiger partial charge in [0.1, 0.15) is 8.80 Å². The average Bonchev–Trinajstić information content (AvgIpc) is 3.58. The highest BCUT2D eigenvalue weighted by molar-refractivity contribution is 6.92. The molecule has 0 spiro atoms. The highest BCUT2D eigenvalue weighted by Crippen LogP contribution is 2.53. The van der Waals surface area contributed by atoms with Gasteiger partial charge in [-0.2, -0.15) is 0 Å². The number of fused-ring (bicyclic) bond motifs is 6. The van der Waals surface area contributed by atoms with E-state index in [9.17, 15) is 0 Å². The van der Waals surface area contributed by atoms with Crippen LogP contribution in [0.3, 0.4) is 0 Å². The Hall–Kier alpha value is -4.72. The first-order valence-electron chi connectivity index (χ1n) is 15.5. The van der Waals surface area contributed by atoms with E-state index in [2.05, 4.69) is 153 Å². The number of rotatable bonds is 4. The first kappa shape index (κ1) is 24.8. The minimum absolute atomic E-state index is 0.455. The van der Waals surface area contributed by atoms with Crippen LogP contribution in [-0.2, 0) is 0 Å². The Balaban J connectivity index is 1.39. The molecule has 0 N–H and O–H groups in total. The predicted octanol–water partition coefficient (Wildman–Crippen LogP) is 9.37. The molecule has 2 heterocycles. The maximum Gasteiger partial charge on any atom is 0.116 e. The van der Waals surface area contributed by atoms with E-state index in [1.165, 1.54) is 61.2 Å². The first-order valence-corrected chi connectivity index (χ1v) is 17.4. The minimum Gasteiger partial charge on any atom is -0.0623 e. The molecule has 0 radical (unpaired) electrons.